The van der Waals surface area contributed by atoms with E-state index in [-0.39, 0.29) is 5.70 Å². The molecule has 0 atom stereocenters. The molecule has 4 amide bonds. The van der Waals surface area contributed by atoms with Crippen LogP contribution in [0.5, 0.6) is 0 Å². The molecule has 1 saturated heterocycles. The second-order valence-corrected chi connectivity index (χ2v) is 5.85. The Kier molecular flexibility index (Phi) is 4.79. The molecule has 1 fully saturated rings. The maximum Gasteiger partial charge on any atom is 0.329 e. The minimum absolute atomic E-state index is 0.0324. The Hall–Kier alpha value is -3.48. The average molecular weight is 353 g/mol. The van der Waals surface area contributed by atoms with Crippen LogP contribution in [0.1, 0.15) is 11.1 Å². The van der Waals surface area contributed by atoms with Crippen LogP contribution in [0.25, 0.3) is 6.08 Å². The Labute approximate surface area is 149 Å². The van der Waals surface area contributed by atoms with Crippen molar-refractivity contribution < 1.29 is 18.8 Å². The number of nitrogens with zero attached hydrogens (tertiary/aromatic N) is 1. The van der Waals surface area contributed by atoms with Crippen LogP contribution < -0.4 is 10.6 Å². The van der Waals surface area contributed by atoms with Crippen molar-refractivity contribution in [3.05, 3.63) is 71.2 Å². The number of amides is 4. The van der Waals surface area contributed by atoms with Gasteiger partial charge in [0.2, 0.25) is 5.91 Å². The largest absolute Gasteiger partial charge is 0.329 e. The fourth-order valence-electron chi connectivity index (χ4n) is 2.51. The number of urea groups is 1. The molecular formula is C19H16FN3O3. The summed E-state index contributed by atoms with van der Waals surface area (Å²) in [6, 6.07) is 12.0. The van der Waals surface area contributed by atoms with E-state index >= 15 is 0 Å². The van der Waals surface area contributed by atoms with Crippen molar-refractivity contribution in [3.63, 3.8) is 0 Å². The number of hydrogen-bond donors (Lipinski definition) is 2. The quantitative estimate of drug-likeness (QED) is 0.655. The van der Waals surface area contributed by atoms with E-state index in [1.165, 1.54) is 30.3 Å². The molecule has 2 N–H and O–H groups in total. The maximum absolute atomic E-state index is 12.9. The molecular weight excluding hydrogens is 337 g/mol. The molecule has 0 saturated carbocycles. The van der Waals surface area contributed by atoms with Crippen LogP contribution in [-0.4, -0.2) is 29.3 Å². The average Bonchev–Trinajstić information content (AvgIpc) is 2.84. The molecule has 1 heterocycles. The van der Waals surface area contributed by atoms with Gasteiger partial charge in [-0.15, -0.1) is 0 Å². The molecule has 0 aliphatic carbocycles. The Morgan fingerprint density at radius 1 is 1.19 bits per heavy atom. The van der Waals surface area contributed by atoms with Crippen molar-refractivity contribution in [1.29, 1.82) is 0 Å². The summed E-state index contributed by atoms with van der Waals surface area (Å²) in [5, 5.41) is 5.07. The lowest BCUT2D eigenvalue weighted by Gasteiger charge is -2.12. The van der Waals surface area contributed by atoms with E-state index in [0.29, 0.717) is 11.3 Å². The first kappa shape index (κ1) is 17.3. The van der Waals surface area contributed by atoms with Gasteiger partial charge in [-0.05, 0) is 48.4 Å². The predicted octanol–water partition coefficient (Wildman–Crippen LogP) is 2.67. The molecule has 26 heavy (non-hydrogen) atoms. The standard InChI is InChI=1S/C19H16FN3O3/c1-12-3-2-4-15(9-12)21-17(24)11-23-18(25)16(22-19(23)26)10-13-5-7-14(20)8-6-13/h2-10H,11H2,1H3,(H,21,24)(H,22,26)/b16-10+. The molecule has 0 radical (unpaired) electrons. The first-order valence-electron chi connectivity index (χ1n) is 7.89. The van der Waals surface area contributed by atoms with E-state index in [1.807, 2.05) is 13.0 Å². The van der Waals surface area contributed by atoms with Gasteiger partial charge < -0.3 is 10.6 Å². The number of rotatable bonds is 4. The Balaban J connectivity index is 1.69. The fraction of sp³-hybridized carbons (Fsp3) is 0.105. The second kappa shape index (κ2) is 7.18. The third kappa shape index (κ3) is 3.94. The number of hydrogen-bond acceptors (Lipinski definition) is 3. The maximum atomic E-state index is 12.9. The first-order valence-corrected chi connectivity index (χ1v) is 7.89. The molecule has 0 unspecified atom stereocenters. The normalized spacial score (nSPS) is 15.3. The van der Waals surface area contributed by atoms with E-state index in [4.69, 9.17) is 0 Å². The summed E-state index contributed by atoms with van der Waals surface area (Å²) >= 11 is 0. The highest BCUT2D eigenvalue weighted by atomic mass is 19.1. The van der Waals surface area contributed by atoms with Crippen molar-refractivity contribution in [2.75, 3.05) is 11.9 Å². The monoisotopic (exact) mass is 353 g/mol. The number of nitrogens with one attached hydrogen (secondary N) is 2. The fourth-order valence-corrected chi connectivity index (χ4v) is 2.51. The summed E-state index contributed by atoms with van der Waals surface area (Å²) in [4.78, 5) is 37.3. The molecule has 2 aromatic carbocycles. The topological polar surface area (TPSA) is 78.5 Å². The van der Waals surface area contributed by atoms with Gasteiger partial charge in [-0.25, -0.2) is 14.1 Å². The van der Waals surface area contributed by atoms with Crippen molar-refractivity contribution >= 4 is 29.6 Å². The number of benzene rings is 2. The van der Waals surface area contributed by atoms with Crippen LogP contribution in [0.2, 0.25) is 0 Å². The van der Waals surface area contributed by atoms with Gasteiger partial charge in [0, 0.05) is 5.69 Å². The SMILES string of the molecule is Cc1cccc(NC(=O)CN2C(=O)N/C(=C/c3ccc(F)cc3)C2=O)c1. The molecule has 3 rings (SSSR count). The molecule has 6 nitrogen and oxygen atoms in total. The van der Waals surface area contributed by atoms with Gasteiger partial charge in [0.1, 0.15) is 18.1 Å². The zero-order valence-electron chi connectivity index (χ0n) is 14.0. The Morgan fingerprint density at radius 2 is 1.92 bits per heavy atom. The molecule has 1 aliphatic rings. The zero-order valence-corrected chi connectivity index (χ0v) is 14.0. The lowest BCUT2D eigenvalue weighted by molar-refractivity contribution is -0.127. The summed E-state index contributed by atoms with van der Waals surface area (Å²) < 4.78 is 12.9. The molecule has 0 bridgehead atoms. The van der Waals surface area contributed by atoms with E-state index < -0.39 is 30.2 Å². The smallest absolute Gasteiger partial charge is 0.325 e. The number of carbonyl (C=O) groups is 3. The number of imide groups is 1. The summed E-state index contributed by atoms with van der Waals surface area (Å²) in [5.41, 5.74) is 2.15. The highest BCUT2D eigenvalue weighted by Crippen LogP contribution is 2.15. The van der Waals surface area contributed by atoms with E-state index in [2.05, 4.69) is 10.6 Å². The molecule has 7 heteroatoms. The van der Waals surface area contributed by atoms with Gasteiger partial charge in [-0.1, -0.05) is 24.3 Å². The van der Waals surface area contributed by atoms with Crippen molar-refractivity contribution in [2.24, 2.45) is 0 Å². The molecule has 132 valence electrons. The number of halogens is 1. The molecule has 0 spiro atoms. The van der Waals surface area contributed by atoms with Crippen molar-refractivity contribution in [1.82, 2.24) is 10.2 Å². The van der Waals surface area contributed by atoms with Crippen LogP contribution in [0.3, 0.4) is 0 Å². The minimum atomic E-state index is -0.678. The van der Waals surface area contributed by atoms with Crippen LogP contribution in [-0.2, 0) is 9.59 Å². The Bertz CT molecular complexity index is 907. The third-order valence-electron chi connectivity index (χ3n) is 3.75. The van der Waals surface area contributed by atoms with Crippen LogP contribution in [0.4, 0.5) is 14.9 Å². The van der Waals surface area contributed by atoms with Crippen molar-refractivity contribution in [3.8, 4) is 0 Å². The summed E-state index contributed by atoms with van der Waals surface area (Å²) in [5.74, 6) is -1.50. The van der Waals surface area contributed by atoms with Gasteiger partial charge in [0.25, 0.3) is 5.91 Å². The van der Waals surface area contributed by atoms with E-state index in [9.17, 15) is 18.8 Å². The predicted molar refractivity (Wildman–Crippen MR) is 94.4 cm³/mol. The first-order chi connectivity index (χ1) is 12.4. The van der Waals surface area contributed by atoms with Gasteiger partial charge in [-0.2, -0.15) is 0 Å². The summed E-state index contributed by atoms with van der Waals surface area (Å²) in [6.07, 6.45) is 1.43. The van der Waals surface area contributed by atoms with E-state index in [0.717, 1.165) is 10.5 Å². The van der Waals surface area contributed by atoms with Gasteiger partial charge in [-0.3, -0.25) is 9.59 Å². The van der Waals surface area contributed by atoms with Crippen LogP contribution in [0.15, 0.2) is 54.2 Å². The minimum Gasteiger partial charge on any atom is -0.325 e. The third-order valence-corrected chi connectivity index (χ3v) is 3.75. The van der Waals surface area contributed by atoms with Crippen LogP contribution >= 0.6 is 0 Å². The van der Waals surface area contributed by atoms with Crippen LogP contribution in [0, 0.1) is 12.7 Å². The van der Waals surface area contributed by atoms with Gasteiger partial charge in [0.15, 0.2) is 0 Å². The number of carbonyl (C=O) groups excluding carboxylic acids is 3. The molecule has 1 aliphatic heterocycles. The van der Waals surface area contributed by atoms with Crippen molar-refractivity contribution in [2.45, 2.75) is 6.92 Å². The highest BCUT2D eigenvalue weighted by Gasteiger charge is 2.34. The van der Waals surface area contributed by atoms with Gasteiger partial charge in [0.05, 0.1) is 0 Å². The number of anilines is 1. The van der Waals surface area contributed by atoms with E-state index in [1.54, 1.807) is 18.2 Å². The van der Waals surface area contributed by atoms with Gasteiger partial charge >= 0.3 is 6.03 Å². The highest BCUT2D eigenvalue weighted by molar-refractivity contribution is 6.15. The Morgan fingerprint density at radius 3 is 2.62 bits per heavy atom. The summed E-state index contributed by atoms with van der Waals surface area (Å²) in [7, 11) is 0. The molecule has 2 aromatic rings. The lowest BCUT2D eigenvalue weighted by atomic mass is 10.2. The molecule has 0 aromatic heterocycles. The zero-order chi connectivity index (χ0) is 18.7. The lowest BCUT2D eigenvalue weighted by Crippen LogP contribution is -2.38. The number of aryl methyl sites for hydroxylation is 1. The second-order valence-electron chi connectivity index (χ2n) is 5.85. The summed E-state index contributed by atoms with van der Waals surface area (Å²) in [6.45, 7) is 1.49.